The summed E-state index contributed by atoms with van der Waals surface area (Å²) in [5, 5.41) is 0.123. The highest BCUT2D eigenvalue weighted by Gasteiger charge is 1.99. The molecule has 16 heavy (non-hydrogen) atoms. The Bertz CT molecular complexity index is 404. The smallest absolute Gasteiger partial charge is 0.186 e. The molecule has 0 aliphatic rings. The number of hydrogen-bond donors (Lipinski definition) is 2. The third-order valence-electron chi connectivity index (χ3n) is 2.13. The fraction of sp³-hybridized carbons (Fsp3) is 0.250. The van der Waals surface area contributed by atoms with Crippen LogP contribution in [-0.4, -0.2) is 10.9 Å². The van der Waals surface area contributed by atoms with E-state index in [2.05, 4.69) is 0 Å². The predicted molar refractivity (Wildman–Crippen MR) is 72.2 cm³/mol. The minimum atomic E-state index is 0.123. The van der Waals surface area contributed by atoms with E-state index in [9.17, 15) is 4.79 Å². The number of carbonyl (C=O) groups excluding carboxylic acids is 1. The van der Waals surface area contributed by atoms with Crippen molar-refractivity contribution in [1.29, 1.82) is 0 Å². The number of thioether (sulfide) groups is 1. The number of rotatable bonds is 3. The molecule has 0 aliphatic carbocycles. The molecule has 3 nitrogen and oxygen atoms in total. The van der Waals surface area contributed by atoms with E-state index in [0.29, 0.717) is 17.1 Å². The highest BCUT2D eigenvalue weighted by atomic mass is 32.2. The summed E-state index contributed by atoms with van der Waals surface area (Å²) in [6.07, 6.45) is 3.88. The van der Waals surface area contributed by atoms with Gasteiger partial charge in [-0.3, -0.25) is 4.79 Å². The molecule has 0 fully saturated rings. The molecule has 1 aromatic rings. The fourth-order valence-electron chi connectivity index (χ4n) is 1.30. The third-order valence-corrected chi connectivity index (χ3v) is 2.90. The van der Waals surface area contributed by atoms with Crippen LogP contribution in [0.1, 0.15) is 18.1 Å². The van der Waals surface area contributed by atoms with Gasteiger partial charge in [0, 0.05) is 12.7 Å². The average Bonchev–Trinajstić information content (AvgIpc) is 2.20. The number of carbonyl (C=O) groups is 1. The number of anilines is 2. The van der Waals surface area contributed by atoms with Gasteiger partial charge in [-0.05, 0) is 30.2 Å². The van der Waals surface area contributed by atoms with Crippen molar-refractivity contribution < 1.29 is 4.79 Å². The first kappa shape index (κ1) is 12.6. The topological polar surface area (TPSA) is 69.1 Å². The molecule has 0 spiro atoms. The second kappa shape index (κ2) is 5.61. The molecular formula is C12H16N2OS. The first-order chi connectivity index (χ1) is 7.50. The van der Waals surface area contributed by atoms with Gasteiger partial charge in [0.25, 0.3) is 0 Å². The molecule has 86 valence electrons. The molecule has 0 aliphatic heterocycles. The van der Waals surface area contributed by atoms with E-state index >= 15 is 0 Å². The number of hydrogen-bond acceptors (Lipinski definition) is 4. The highest BCUT2D eigenvalue weighted by Crippen LogP contribution is 2.22. The summed E-state index contributed by atoms with van der Waals surface area (Å²) in [5.74, 6) is 0.679. The maximum Gasteiger partial charge on any atom is 0.186 e. The van der Waals surface area contributed by atoms with Crippen molar-refractivity contribution in [2.45, 2.75) is 13.8 Å². The molecule has 1 rings (SSSR count). The van der Waals surface area contributed by atoms with Crippen LogP contribution in [0.3, 0.4) is 0 Å². The normalized spacial score (nSPS) is 10.9. The second-order valence-electron chi connectivity index (χ2n) is 3.55. The summed E-state index contributed by atoms with van der Waals surface area (Å²) in [6.45, 7) is 3.48. The van der Waals surface area contributed by atoms with Crippen LogP contribution in [0.5, 0.6) is 0 Å². The molecule has 0 saturated carbocycles. The summed E-state index contributed by atoms with van der Waals surface area (Å²) < 4.78 is 0. The lowest BCUT2D eigenvalue weighted by atomic mass is 10.1. The van der Waals surface area contributed by atoms with Crippen LogP contribution in [0.15, 0.2) is 18.2 Å². The lowest BCUT2D eigenvalue weighted by Gasteiger charge is -2.05. The van der Waals surface area contributed by atoms with Crippen LogP contribution < -0.4 is 11.5 Å². The van der Waals surface area contributed by atoms with Gasteiger partial charge in [-0.2, -0.15) is 0 Å². The summed E-state index contributed by atoms with van der Waals surface area (Å²) in [7, 11) is 0. The Hall–Kier alpha value is -1.42. The monoisotopic (exact) mass is 236 g/mol. The fourth-order valence-corrected chi connectivity index (χ4v) is 1.73. The quantitative estimate of drug-likeness (QED) is 0.791. The van der Waals surface area contributed by atoms with Crippen LogP contribution >= 0.6 is 11.8 Å². The molecule has 4 N–H and O–H groups in total. The predicted octanol–water partition coefficient (Wildman–Crippen LogP) is 2.45. The molecule has 0 amide bonds. The summed E-state index contributed by atoms with van der Waals surface area (Å²) >= 11 is 1.28. The standard InChI is InChI=1S/C12H16N2OS/c1-8-6-10(7-11(13)12(8)14)4-3-5-16-9(2)15/h3-4,6-7H,5,13-14H2,1-2H3. The van der Waals surface area contributed by atoms with Gasteiger partial charge >= 0.3 is 0 Å². The van der Waals surface area contributed by atoms with Crippen molar-refractivity contribution in [3.8, 4) is 0 Å². The van der Waals surface area contributed by atoms with E-state index in [1.54, 1.807) is 6.92 Å². The van der Waals surface area contributed by atoms with Gasteiger partial charge in [0.1, 0.15) is 0 Å². The van der Waals surface area contributed by atoms with Gasteiger partial charge in [-0.15, -0.1) is 0 Å². The van der Waals surface area contributed by atoms with E-state index in [1.165, 1.54) is 11.8 Å². The maximum atomic E-state index is 10.7. The van der Waals surface area contributed by atoms with Gasteiger partial charge in [-0.25, -0.2) is 0 Å². The number of benzene rings is 1. The zero-order chi connectivity index (χ0) is 12.1. The Morgan fingerprint density at radius 3 is 2.69 bits per heavy atom. The molecule has 0 saturated heterocycles. The first-order valence-electron chi connectivity index (χ1n) is 4.96. The van der Waals surface area contributed by atoms with Gasteiger partial charge in [0.15, 0.2) is 5.12 Å². The van der Waals surface area contributed by atoms with Crippen LogP contribution in [0, 0.1) is 6.92 Å². The highest BCUT2D eigenvalue weighted by molar-refractivity contribution is 8.13. The molecule has 1 aromatic carbocycles. The number of nitrogens with two attached hydrogens (primary N) is 2. The number of nitrogen functional groups attached to an aromatic ring is 2. The van der Waals surface area contributed by atoms with Gasteiger partial charge < -0.3 is 11.5 Å². The zero-order valence-corrected chi connectivity index (χ0v) is 10.3. The van der Waals surface area contributed by atoms with Crippen LogP contribution in [0.4, 0.5) is 11.4 Å². The maximum absolute atomic E-state index is 10.7. The Balaban J connectivity index is 2.71. The van der Waals surface area contributed by atoms with E-state index in [-0.39, 0.29) is 5.12 Å². The molecule has 0 atom stereocenters. The van der Waals surface area contributed by atoms with E-state index in [4.69, 9.17) is 11.5 Å². The molecule has 0 aromatic heterocycles. The minimum Gasteiger partial charge on any atom is -0.397 e. The average molecular weight is 236 g/mol. The van der Waals surface area contributed by atoms with Crippen LogP contribution in [-0.2, 0) is 4.79 Å². The van der Waals surface area contributed by atoms with Gasteiger partial charge in [0.2, 0.25) is 0 Å². The van der Waals surface area contributed by atoms with Gasteiger partial charge in [0.05, 0.1) is 11.4 Å². The van der Waals surface area contributed by atoms with Crippen molar-refractivity contribution >= 4 is 34.3 Å². The minimum absolute atomic E-state index is 0.123. The molecular weight excluding hydrogens is 220 g/mol. The van der Waals surface area contributed by atoms with Crippen molar-refractivity contribution in [3.63, 3.8) is 0 Å². The Labute approximate surface area is 99.9 Å². The molecule has 0 unspecified atom stereocenters. The van der Waals surface area contributed by atoms with Gasteiger partial charge in [-0.1, -0.05) is 23.9 Å². The van der Waals surface area contributed by atoms with E-state index in [0.717, 1.165) is 11.1 Å². The first-order valence-corrected chi connectivity index (χ1v) is 5.94. The van der Waals surface area contributed by atoms with Crippen molar-refractivity contribution in [2.75, 3.05) is 17.2 Å². The van der Waals surface area contributed by atoms with Crippen molar-refractivity contribution in [3.05, 3.63) is 29.3 Å². The van der Waals surface area contributed by atoms with E-state index in [1.807, 2.05) is 31.2 Å². The summed E-state index contributed by atoms with van der Waals surface area (Å²) in [4.78, 5) is 10.7. The van der Waals surface area contributed by atoms with Crippen molar-refractivity contribution in [2.24, 2.45) is 0 Å². The van der Waals surface area contributed by atoms with E-state index < -0.39 is 0 Å². The Kier molecular flexibility index (Phi) is 4.43. The number of aryl methyl sites for hydroxylation is 1. The summed E-state index contributed by atoms with van der Waals surface area (Å²) in [6, 6.07) is 3.80. The van der Waals surface area contributed by atoms with Crippen LogP contribution in [0.2, 0.25) is 0 Å². The molecule has 0 bridgehead atoms. The largest absolute Gasteiger partial charge is 0.397 e. The zero-order valence-electron chi connectivity index (χ0n) is 9.49. The van der Waals surface area contributed by atoms with Crippen molar-refractivity contribution in [1.82, 2.24) is 0 Å². The lowest BCUT2D eigenvalue weighted by molar-refractivity contribution is -0.109. The second-order valence-corrected chi connectivity index (χ2v) is 4.74. The summed E-state index contributed by atoms with van der Waals surface area (Å²) in [5.41, 5.74) is 14.7. The third kappa shape index (κ3) is 3.62. The van der Waals surface area contributed by atoms with Crippen LogP contribution in [0.25, 0.3) is 6.08 Å². The molecule has 0 radical (unpaired) electrons. The Morgan fingerprint density at radius 1 is 1.44 bits per heavy atom. The molecule has 4 heteroatoms. The SMILES string of the molecule is CC(=O)SCC=Cc1cc(C)c(N)c(N)c1. The Morgan fingerprint density at radius 2 is 2.12 bits per heavy atom. The lowest BCUT2D eigenvalue weighted by Crippen LogP contribution is -1.97. The molecule has 0 heterocycles.